The predicted molar refractivity (Wildman–Crippen MR) is 114 cm³/mol. The summed E-state index contributed by atoms with van der Waals surface area (Å²) in [6.45, 7) is 10.6. The lowest BCUT2D eigenvalue weighted by Crippen LogP contribution is -2.52. The summed E-state index contributed by atoms with van der Waals surface area (Å²) in [7, 11) is 0. The van der Waals surface area contributed by atoms with E-state index in [-0.39, 0.29) is 11.9 Å². The summed E-state index contributed by atoms with van der Waals surface area (Å²) in [5.74, 6) is 3.60. The Morgan fingerprint density at radius 2 is 1.80 bits per heavy atom. The van der Waals surface area contributed by atoms with Crippen LogP contribution in [0.15, 0.2) is 24.3 Å². The third-order valence-electron chi connectivity index (χ3n) is 5.32. The molecule has 30 heavy (non-hydrogen) atoms. The molecule has 1 aromatic carbocycles. The highest BCUT2D eigenvalue weighted by Gasteiger charge is 2.23. The lowest BCUT2D eigenvalue weighted by molar-refractivity contribution is 0.171. The van der Waals surface area contributed by atoms with Gasteiger partial charge in [0.05, 0.1) is 0 Å². The Hall–Kier alpha value is -3.03. The Balaban J connectivity index is 1.30. The number of carbonyl (C=O) groups excluding carboxylic acids is 1. The standard InChI is InChI=1S/C22H29N5O3/c1-15(2)21-24-16(3)12-20(25-21)26-6-8-27(9-7-26)22(28)23-14-17-4-5-18-19(13-17)30-11-10-29-18/h4-5,12-13,15H,6-11,14H2,1-3H3,(H,23,28). The minimum Gasteiger partial charge on any atom is -0.486 e. The number of nitrogens with zero attached hydrogens (tertiary/aromatic N) is 4. The van der Waals surface area contributed by atoms with Crippen LogP contribution in [0.2, 0.25) is 0 Å². The van der Waals surface area contributed by atoms with E-state index in [0.29, 0.717) is 32.8 Å². The number of aryl methyl sites for hydroxylation is 1. The number of benzene rings is 1. The number of urea groups is 1. The van der Waals surface area contributed by atoms with Crippen molar-refractivity contribution in [1.29, 1.82) is 0 Å². The molecule has 8 nitrogen and oxygen atoms in total. The van der Waals surface area contributed by atoms with Crippen LogP contribution in [0.5, 0.6) is 11.5 Å². The smallest absolute Gasteiger partial charge is 0.317 e. The average molecular weight is 412 g/mol. The summed E-state index contributed by atoms with van der Waals surface area (Å²) in [5, 5.41) is 3.01. The lowest BCUT2D eigenvalue weighted by Gasteiger charge is -2.35. The number of nitrogens with one attached hydrogen (secondary N) is 1. The van der Waals surface area contributed by atoms with E-state index in [1.807, 2.05) is 36.1 Å². The third-order valence-corrected chi connectivity index (χ3v) is 5.32. The molecule has 160 valence electrons. The topological polar surface area (TPSA) is 79.8 Å². The molecule has 2 aliphatic rings. The van der Waals surface area contributed by atoms with Crippen LogP contribution in [0.1, 0.15) is 36.8 Å². The summed E-state index contributed by atoms with van der Waals surface area (Å²) in [4.78, 5) is 25.9. The van der Waals surface area contributed by atoms with Crippen molar-refractivity contribution in [3.63, 3.8) is 0 Å². The van der Waals surface area contributed by atoms with Crippen molar-refractivity contribution >= 4 is 11.8 Å². The van der Waals surface area contributed by atoms with Crippen LogP contribution in [0, 0.1) is 6.92 Å². The van der Waals surface area contributed by atoms with Crippen LogP contribution in [-0.4, -0.2) is 60.3 Å². The van der Waals surface area contributed by atoms with Crippen LogP contribution in [0.4, 0.5) is 10.6 Å². The Morgan fingerprint density at radius 3 is 2.53 bits per heavy atom. The van der Waals surface area contributed by atoms with Crippen molar-refractivity contribution in [3.05, 3.63) is 41.3 Å². The number of amides is 2. The number of anilines is 1. The number of rotatable bonds is 4. The maximum absolute atomic E-state index is 12.6. The second-order valence-corrected chi connectivity index (χ2v) is 7.99. The van der Waals surface area contributed by atoms with Gasteiger partial charge in [-0.05, 0) is 24.6 Å². The fraction of sp³-hybridized carbons (Fsp3) is 0.500. The molecule has 0 atom stereocenters. The number of carbonyl (C=O) groups is 1. The van der Waals surface area contributed by atoms with Crippen LogP contribution in [-0.2, 0) is 6.54 Å². The minimum atomic E-state index is -0.0497. The summed E-state index contributed by atoms with van der Waals surface area (Å²) < 4.78 is 11.1. The molecule has 1 saturated heterocycles. The zero-order chi connectivity index (χ0) is 21.1. The molecule has 0 aliphatic carbocycles. The van der Waals surface area contributed by atoms with Crippen molar-refractivity contribution in [2.45, 2.75) is 33.2 Å². The van der Waals surface area contributed by atoms with Gasteiger partial charge in [0.25, 0.3) is 0 Å². The van der Waals surface area contributed by atoms with E-state index >= 15 is 0 Å². The lowest BCUT2D eigenvalue weighted by atomic mass is 10.2. The summed E-state index contributed by atoms with van der Waals surface area (Å²) in [6.07, 6.45) is 0. The van der Waals surface area contributed by atoms with E-state index < -0.39 is 0 Å². The summed E-state index contributed by atoms with van der Waals surface area (Å²) in [5.41, 5.74) is 1.97. The zero-order valence-electron chi connectivity index (χ0n) is 17.9. The number of hydrogen-bond donors (Lipinski definition) is 1. The first-order chi connectivity index (χ1) is 14.5. The van der Waals surface area contributed by atoms with E-state index in [2.05, 4.69) is 29.0 Å². The van der Waals surface area contributed by atoms with Gasteiger partial charge < -0.3 is 24.6 Å². The monoisotopic (exact) mass is 411 g/mol. The van der Waals surface area contributed by atoms with Gasteiger partial charge >= 0.3 is 6.03 Å². The van der Waals surface area contributed by atoms with Gasteiger partial charge in [-0.3, -0.25) is 0 Å². The van der Waals surface area contributed by atoms with Crippen LogP contribution in [0.25, 0.3) is 0 Å². The second kappa shape index (κ2) is 8.77. The molecular formula is C22H29N5O3. The molecule has 2 aliphatic heterocycles. The van der Waals surface area contributed by atoms with Crippen molar-refractivity contribution < 1.29 is 14.3 Å². The van der Waals surface area contributed by atoms with Crippen LogP contribution in [0.3, 0.4) is 0 Å². The number of fused-ring (bicyclic) bond motifs is 1. The van der Waals surface area contributed by atoms with Gasteiger partial charge in [0.15, 0.2) is 11.5 Å². The zero-order valence-corrected chi connectivity index (χ0v) is 17.9. The van der Waals surface area contributed by atoms with Gasteiger partial charge in [0.1, 0.15) is 24.9 Å². The second-order valence-electron chi connectivity index (χ2n) is 7.99. The molecule has 8 heteroatoms. The molecule has 1 fully saturated rings. The predicted octanol–water partition coefficient (Wildman–Crippen LogP) is 2.71. The Morgan fingerprint density at radius 1 is 1.07 bits per heavy atom. The SMILES string of the molecule is Cc1cc(N2CCN(C(=O)NCc3ccc4c(c3)OCCO4)CC2)nc(C(C)C)n1. The number of aromatic nitrogens is 2. The van der Waals surface area contributed by atoms with E-state index in [1.54, 1.807) is 0 Å². The van der Waals surface area contributed by atoms with Crippen LogP contribution < -0.4 is 19.7 Å². The molecule has 0 unspecified atom stereocenters. The molecular weight excluding hydrogens is 382 g/mol. The van der Waals surface area contributed by atoms with Crippen LogP contribution >= 0.6 is 0 Å². The van der Waals surface area contributed by atoms with Crippen molar-refractivity contribution in [3.8, 4) is 11.5 Å². The highest BCUT2D eigenvalue weighted by Crippen LogP contribution is 2.30. The molecule has 2 aromatic rings. The van der Waals surface area contributed by atoms with Gasteiger partial charge in [0.2, 0.25) is 0 Å². The fourth-order valence-electron chi connectivity index (χ4n) is 3.62. The van der Waals surface area contributed by atoms with Gasteiger partial charge in [-0.1, -0.05) is 19.9 Å². The Kier molecular flexibility index (Phi) is 5.92. The highest BCUT2D eigenvalue weighted by atomic mass is 16.6. The van der Waals surface area contributed by atoms with Gasteiger partial charge in [-0.2, -0.15) is 0 Å². The van der Waals surface area contributed by atoms with Crippen molar-refractivity contribution in [1.82, 2.24) is 20.2 Å². The summed E-state index contributed by atoms with van der Waals surface area (Å²) >= 11 is 0. The van der Waals surface area contributed by atoms with Crippen molar-refractivity contribution in [2.24, 2.45) is 0 Å². The van der Waals surface area contributed by atoms with E-state index in [4.69, 9.17) is 14.5 Å². The first kappa shape index (κ1) is 20.3. The molecule has 4 rings (SSSR count). The van der Waals surface area contributed by atoms with E-state index in [0.717, 1.165) is 47.5 Å². The molecule has 0 saturated carbocycles. The number of piperazine rings is 1. The largest absolute Gasteiger partial charge is 0.486 e. The maximum atomic E-state index is 12.6. The van der Waals surface area contributed by atoms with Gasteiger partial charge in [-0.25, -0.2) is 14.8 Å². The van der Waals surface area contributed by atoms with Gasteiger partial charge in [0, 0.05) is 50.4 Å². The molecule has 2 amide bonds. The van der Waals surface area contributed by atoms with E-state index in [9.17, 15) is 4.79 Å². The first-order valence-corrected chi connectivity index (χ1v) is 10.5. The molecule has 1 aromatic heterocycles. The number of ether oxygens (including phenoxy) is 2. The molecule has 1 N–H and O–H groups in total. The molecule has 0 spiro atoms. The molecule has 0 bridgehead atoms. The Bertz CT molecular complexity index is 910. The highest BCUT2D eigenvalue weighted by molar-refractivity contribution is 5.74. The quantitative estimate of drug-likeness (QED) is 0.833. The third kappa shape index (κ3) is 4.58. The molecule has 3 heterocycles. The van der Waals surface area contributed by atoms with Gasteiger partial charge in [-0.15, -0.1) is 0 Å². The van der Waals surface area contributed by atoms with Crippen molar-refractivity contribution in [2.75, 3.05) is 44.3 Å². The normalized spacial score (nSPS) is 16.0. The minimum absolute atomic E-state index is 0.0497. The molecule has 0 radical (unpaired) electrons. The Labute approximate surface area is 177 Å². The average Bonchev–Trinajstić information content (AvgIpc) is 2.77. The number of hydrogen-bond acceptors (Lipinski definition) is 6. The summed E-state index contributed by atoms with van der Waals surface area (Å²) in [6, 6.07) is 7.74. The maximum Gasteiger partial charge on any atom is 0.317 e. The van der Waals surface area contributed by atoms with E-state index in [1.165, 1.54) is 0 Å². The fourth-order valence-corrected chi connectivity index (χ4v) is 3.62. The first-order valence-electron chi connectivity index (χ1n) is 10.5.